The summed E-state index contributed by atoms with van der Waals surface area (Å²) < 4.78 is 6.11. The Labute approximate surface area is 149 Å². The Balaban J connectivity index is 1.54. The number of ether oxygens (including phenoxy) is 1. The number of rotatable bonds is 7. The summed E-state index contributed by atoms with van der Waals surface area (Å²) in [6.07, 6.45) is 5.53. The van der Waals surface area contributed by atoms with Crippen LogP contribution in [0.3, 0.4) is 0 Å². The maximum atomic E-state index is 12.3. The highest BCUT2D eigenvalue weighted by Gasteiger charge is 2.18. The Bertz CT molecular complexity index is 681. The maximum absolute atomic E-state index is 12.3. The van der Waals surface area contributed by atoms with Crippen LogP contribution in [-0.4, -0.2) is 18.1 Å². The highest BCUT2D eigenvalue weighted by Crippen LogP contribution is 2.26. The van der Waals surface area contributed by atoms with Crippen LogP contribution >= 0.6 is 0 Å². The molecule has 2 aromatic rings. The van der Waals surface area contributed by atoms with Crippen molar-refractivity contribution in [3.05, 3.63) is 65.7 Å². The molecule has 1 fully saturated rings. The Morgan fingerprint density at radius 2 is 1.76 bits per heavy atom. The van der Waals surface area contributed by atoms with E-state index in [2.05, 4.69) is 5.32 Å². The van der Waals surface area contributed by atoms with Gasteiger partial charge in [-0.05, 0) is 43.7 Å². The number of para-hydroxylation sites is 1. The molecule has 2 aromatic carbocycles. The molecule has 1 aliphatic rings. The minimum absolute atomic E-state index is 0.139. The Hall–Kier alpha value is -2.33. The van der Waals surface area contributed by atoms with Gasteiger partial charge in [-0.3, -0.25) is 4.79 Å². The van der Waals surface area contributed by atoms with Gasteiger partial charge >= 0.3 is 0 Å². The van der Waals surface area contributed by atoms with Crippen molar-refractivity contribution in [1.29, 1.82) is 0 Å². The molecule has 0 unspecified atom stereocenters. The summed E-state index contributed by atoms with van der Waals surface area (Å²) in [6.45, 7) is 0.435. The van der Waals surface area contributed by atoms with Crippen LogP contribution in [0, 0.1) is 0 Å². The molecule has 4 nitrogen and oxygen atoms in total. The van der Waals surface area contributed by atoms with Gasteiger partial charge in [0.2, 0.25) is 5.91 Å². The van der Waals surface area contributed by atoms with Gasteiger partial charge in [-0.2, -0.15) is 0 Å². The third-order valence-electron chi connectivity index (χ3n) is 4.66. The maximum Gasteiger partial charge on any atom is 0.237 e. The monoisotopic (exact) mass is 338 g/mol. The highest BCUT2D eigenvalue weighted by atomic mass is 16.5. The Kier molecular flexibility index (Phi) is 6.07. The quantitative estimate of drug-likeness (QED) is 0.815. The van der Waals surface area contributed by atoms with Gasteiger partial charge in [0.1, 0.15) is 5.75 Å². The second kappa shape index (κ2) is 8.67. The summed E-state index contributed by atoms with van der Waals surface area (Å²) in [5.74, 6) is 0.728. The van der Waals surface area contributed by atoms with Gasteiger partial charge in [0.05, 0.1) is 12.1 Å². The lowest BCUT2D eigenvalue weighted by Crippen LogP contribution is -2.41. The molecule has 25 heavy (non-hydrogen) atoms. The second-order valence-corrected chi connectivity index (χ2v) is 6.65. The van der Waals surface area contributed by atoms with Crippen LogP contribution in [0.2, 0.25) is 0 Å². The van der Waals surface area contributed by atoms with Gasteiger partial charge in [-0.25, -0.2) is 0 Å². The fourth-order valence-electron chi connectivity index (χ4n) is 3.22. The molecule has 0 radical (unpaired) electrons. The predicted molar refractivity (Wildman–Crippen MR) is 99.3 cm³/mol. The second-order valence-electron chi connectivity index (χ2n) is 6.65. The summed E-state index contributed by atoms with van der Waals surface area (Å²) in [7, 11) is 0. The van der Waals surface area contributed by atoms with Crippen molar-refractivity contribution in [2.75, 3.05) is 0 Å². The minimum atomic E-state index is -0.551. The van der Waals surface area contributed by atoms with E-state index in [4.69, 9.17) is 10.5 Å². The number of hydrogen-bond acceptors (Lipinski definition) is 3. The molecule has 1 amide bonds. The zero-order valence-electron chi connectivity index (χ0n) is 14.5. The first-order valence-electron chi connectivity index (χ1n) is 9.04. The zero-order chi connectivity index (χ0) is 17.5. The van der Waals surface area contributed by atoms with Crippen molar-refractivity contribution in [3.8, 4) is 5.75 Å². The molecule has 0 aliphatic heterocycles. The van der Waals surface area contributed by atoms with E-state index in [1.807, 2.05) is 54.6 Å². The molecule has 0 spiro atoms. The Morgan fingerprint density at radius 3 is 2.52 bits per heavy atom. The normalized spacial score (nSPS) is 15.7. The van der Waals surface area contributed by atoms with Crippen molar-refractivity contribution in [2.45, 2.75) is 50.8 Å². The summed E-state index contributed by atoms with van der Waals surface area (Å²) in [5.41, 5.74) is 8.10. The third kappa shape index (κ3) is 5.07. The van der Waals surface area contributed by atoms with E-state index < -0.39 is 6.04 Å². The number of benzene rings is 2. The molecule has 0 bridgehead atoms. The highest BCUT2D eigenvalue weighted by molar-refractivity contribution is 5.81. The average Bonchev–Trinajstić information content (AvgIpc) is 3.14. The lowest BCUT2D eigenvalue weighted by atomic mass is 10.1. The molecule has 1 atom stereocenters. The van der Waals surface area contributed by atoms with Crippen LogP contribution in [0.1, 0.15) is 36.8 Å². The molecule has 4 heteroatoms. The summed E-state index contributed by atoms with van der Waals surface area (Å²) in [6, 6.07) is 17.2. The summed E-state index contributed by atoms with van der Waals surface area (Å²) in [5, 5.41) is 2.94. The lowest BCUT2D eigenvalue weighted by Gasteiger charge is -2.17. The van der Waals surface area contributed by atoms with E-state index in [0.717, 1.165) is 29.7 Å². The smallest absolute Gasteiger partial charge is 0.237 e. The zero-order valence-corrected chi connectivity index (χ0v) is 14.5. The van der Waals surface area contributed by atoms with Gasteiger partial charge in [0.25, 0.3) is 0 Å². The van der Waals surface area contributed by atoms with E-state index in [1.54, 1.807) is 0 Å². The molecule has 0 aromatic heterocycles. The summed E-state index contributed by atoms with van der Waals surface area (Å²) >= 11 is 0. The predicted octanol–water partition coefficient (Wildman–Crippen LogP) is 3.19. The lowest BCUT2D eigenvalue weighted by molar-refractivity contribution is -0.122. The first-order valence-corrected chi connectivity index (χ1v) is 9.04. The molecule has 0 heterocycles. The van der Waals surface area contributed by atoms with Crippen molar-refractivity contribution in [1.82, 2.24) is 5.32 Å². The third-order valence-corrected chi connectivity index (χ3v) is 4.66. The van der Waals surface area contributed by atoms with Crippen molar-refractivity contribution < 1.29 is 9.53 Å². The number of carbonyl (C=O) groups excluding carboxylic acids is 1. The molecule has 132 valence electrons. The number of hydrogen-bond donors (Lipinski definition) is 2. The first kappa shape index (κ1) is 17.5. The van der Waals surface area contributed by atoms with Crippen LogP contribution in [0.4, 0.5) is 0 Å². The van der Waals surface area contributed by atoms with Crippen LogP contribution in [0.15, 0.2) is 54.6 Å². The van der Waals surface area contributed by atoms with Gasteiger partial charge in [-0.1, -0.05) is 48.5 Å². The van der Waals surface area contributed by atoms with E-state index >= 15 is 0 Å². The van der Waals surface area contributed by atoms with E-state index in [9.17, 15) is 4.79 Å². The molecule has 0 saturated heterocycles. The Morgan fingerprint density at radius 1 is 1.08 bits per heavy atom. The van der Waals surface area contributed by atoms with Gasteiger partial charge in [-0.15, -0.1) is 0 Å². The molecular weight excluding hydrogens is 312 g/mol. The van der Waals surface area contributed by atoms with Crippen LogP contribution in [0.25, 0.3) is 0 Å². The van der Waals surface area contributed by atoms with Crippen LogP contribution < -0.4 is 15.8 Å². The molecule has 1 saturated carbocycles. The standard InChI is InChI=1S/C21H26N2O2/c22-19(14-16-8-2-1-3-9-16)21(24)23-15-17-10-4-7-13-20(17)25-18-11-5-6-12-18/h1-4,7-10,13,18-19H,5-6,11-12,14-15,22H2,(H,23,24)/t19-/m0/s1. The van der Waals surface area contributed by atoms with Crippen molar-refractivity contribution in [2.24, 2.45) is 5.73 Å². The first-order chi connectivity index (χ1) is 12.2. The molecular formula is C21H26N2O2. The van der Waals surface area contributed by atoms with Crippen molar-refractivity contribution >= 4 is 5.91 Å². The van der Waals surface area contributed by atoms with Crippen LogP contribution in [-0.2, 0) is 17.8 Å². The number of nitrogens with two attached hydrogens (primary N) is 1. The number of amides is 1. The van der Waals surface area contributed by atoms with E-state index in [-0.39, 0.29) is 5.91 Å². The fourth-order valence-corrected chi connectivity index (χ4v) is 3.22. The topological polar surface area (TPSA) is 64.4 Å². The van der Waals surface area contributed by atoms with Gasteiger partial charge in [0.15, 0.2) is 0 Å². The van der Waals surface area contributed by atoms with E-state index in [1.165, 1.54) is 12.8 Å². The SMILES string of the molecule is N[C@@H](Cc1ccccc1)C(=O)NCc1ccccc1OC1CCCC1. The molecule has 1 aliphatic carbocycles. The molecule has 3 N–H and O–H groups in total. The minimum Gasteiger partial charge on any atom is -0.490 e. The van der Waals surface area contributed by atoms with Crippen LogP contribution in [0.5, 0.6) is 5.75 Å². The van der Waals surface area contributed by atoms with E-state index in [0.29, 0.717) is 19.1 Å². The molecule has 3 rings (SSSR count). The number of carbonyl (C=O) groups is 1. The fraction of sp³-hybridized carbons (Fsp3) is 0.381. The average molecular weight is 338 g/mol. The largest absolute Gasteiger partial charge is 0.490 e. The van der Waals surface area contributed by atoms with Gasteiger partial charge < -0.3 is 15.8 Å². The van der Waals surface area contributed by atoms with Gasteiger partial charge in [0, 0.05) is 12.1 Å². The summed E-state index contributed by atoms with van der Waals surface area (Å²) in [4.78, 5) is 12.3. The number of nitrogens with one attached hydrogen (secondary N) is 1. The van der Waals surface area contributed by atoms with Crippen molar-refractivity contribution in [3.63, 3.8) is 0 Å².